The molecule has 0 spiro atoms. The quantitative estimate of drug-likeness (QED) is 0.609. The third kappa shape index (κ3) is 4.42. The van der Waals surface area contributed by atoms with E-state index in [1.807, 2.05) is 0 Å². The zero-order valence-electron chi connectivity index (χ0n) is 16.6. The van der Waals surface area contributed by atoms with Gasteiger partial charge in [0.15, 0.2) is 0 Å². The number of hydrogen-bond donors (Lipinski definition) is 0. The minimum atomic E-state index is -0.769. The topological polar surface area (TPSA) is 12.9 Å². The van der Waals surface area contributed by atoms with Crippen molar-refractivity contribution in [2.45, 2.75) is 51.9 Å². The van der Waals surface area contributed by atoms with Crippen molar-refractivity contribution in [3.05, 3.63) is 47.2 Å². The minimum absolute atomic E-state index is 0.564. The molecule has 0 amide bonds. The van der Waals surface area contributed by atoms with Crippen LogP contribution < -0.4 is 0 Å². The van der Waals surface area contributed by atoms with Crippen LogP contribution in [0.2, 0.25) is 0 Å². The molecular weight excluding hydrogens is 310 g/mol. The van der Waals surface area contributed by atoms with E-state index < -0.39 is 10.0 Å². The molecule has 24 heavy (non-hydrogen) atoms. The van der Waals surface area contributed by atoms with Gasteiger partial charge in [-0.15, -0.1) is 0 Å². The molecule has 2 rings (SSSR count). The average molecular weight is 344 g/mol. The lowest BCUT2D eigenvalue weighted by atomic mass is 9.95. The molecule has 0 radical (unpaired) electrons. The summed E-state index contributed by atoms with van der Waals surface area (Å²) in [7, 11) is -0.769. The summed E-state index contributed by atoms with van der Waals surface area (Å²) in [6, 6.07) is 9.15. The van der Waals surface area contributed by atoms with Gasteiger partial charge in [0.25, 0.3) is 0 Å². The number of rotatable bonds is 5. The lowest BCUT2D eigenvalue weighted by Crippen LogP contribution is -2.04. The summed E-state index contributed by atoms with van der Waals surface area (Å²) < 4.78 is 0. The van der Waals surface area contributed by atoms with E-state index in [2.05, 4.69) is 83.8 Å². The number of hydrogen-bond acceptors (Lipinski definition) is 1. The first-order valence-corrected chi connectivity index (χ1v) is 11.7. The first-order chi connectivity index (χ1) is 11.1. The van der Waals surface area contributed by atoms with Crippen molar-refractivity contribution >= 4 is 10.0 Å². The first kappa shape index (κ1) is 19.1. The Morgan fingerprint density at radius 3 is 2.17 bits per heavy atom. The number of benzene rings is 1. The molecule has 132 valence electrons. The van der Waals surface area contributed by atoms with Crippen LogP contribution >= 0.6 is 10.0 Å². The van der Waals surface area contributed by atoms with Gasteiger partial charge >= 0.3 is 0 Å². The molecule has 0 unspecified atom stereocenters. The Kier molecular flexibility index (Phi) is 5.80. The SMILES string of the molecule is Cc1cc(C(C)C)ccc1-c1cc(CC(C)C)c(S(C)(C)C)cn1. The van der Waals surface area contributed by atoms with E-state index >= 15 is 0 Å². The van der Waals surface area contributed by atoms with Crippen molar-refractivity contribution in [3.63, 3.8) is 0 Å². The predicted octanol–water partition coefficient (Wildman–Crippen LogP) is 6.43. The summed E-state index contributed by atoms with van der Waals surface area (Å²) in [5.41, 5.74) is 6.57. The van der Waals surface area contributed by atoms with Gasteiger partial charge in [-0.25, -0.2) is 10.0 Å². The Hall–Kier alpha value is -1.28. The second-order valence-electron chi connectivity index (χ2n) is 8.34. The van der Waals surface area contributed by atoms with Crippen molar-refractivity contribution < 1.29 is 0 Å². The van der Waals surface area contributed by atoms with Gasteiger partial charge in [0, 0.05) is 16.7 Å². The lowest BCUT2D eigenvalue weighted by Gasteiger charge is -2.29. The van der Waals surface area contributed by atoms with E-state index in [4.69, 9.17) is 4.98 Å². The van der Waals surface area contributed by atoms with E-state index in [0.29, 0.717) is 11.8 Å². The van der Waals surface area contributed by atoms with Crippen LogP contribution in [0.5, 0.6) is 0 Å². The van der Waals surface area contributed by atoms with E-state index in [1.165, 1.54) is 27.1 Å². The summed E-state index contributed by atoms with van der Waals surface area (Å²) in [4.78, 5) is 6.29. The summed E-state index contributed by atoms with van der Waals surface area (Å²) in [5, 5.41) is 0. The number of aromatic nitrogens is 1. The Balaban J connectivity index is 2.52. The third-order valence-electron chi connectivity index (χ3n) is 4.43. The first-order valence-electron chi connectivity index (χ1n) is 8.87. The normalized spacial score (nSPS) is 12.9. The third-order valence-corrected chi connectivity index (χ3v) is 6.12. The van der Waals surface area contributed by atoms with E-state index in [-0.39, 0.29) is 0 Å². The maximum Gasteiger partial charge on any atom is 0.0708 e. The smallest absolute Gasteiger partial charge is 0.0708 e. The highest BCUT2D eigenvalue weighted by molar-refractivity contribution is 8.32. The number of nitrogens with zero attached hydrogens (tertiary/aromatic N) is 1. The highest BCUT2D eigenvalue weighted by atomic mass is 32.3. The van der Waals surface area contributed by atoms with Crippen LogP contribution in [-0.2, 0) is 6.42 Å². The van der Waals surface area contributed by atoms with Gasteiger partial charge in [-0.3, -0.25) is 4.98 Å². The molecule has 1 aromatic carbocycles. The van der Waals surface area contributed by atoms with Gasteiger partial charge < -0.3 is 0 Å². The van der Waals surface area contributed by atoms with Crippen molar-refractivity contribution in [1.29, 1.82) is 0 Å². The van der Waals surface area contributed by atoms with Gasteiger partial charge in [0.1, 0.15) is 0 Å². The Labute approximate surface area is 150 Å². The second kappa shape index (κ2) is 7.31. The van der Waals surface area contributed by atoms with Crippen LogP contribution in [0.4, 0.5) is 0 Å². The molecule has 0 aliphatic carbocycles. The van der Waals surface area contributed by atoms with Gasteiger partial charge in [0.2, 0.25) is 0 Å². The molecule has 0 aliphatic rings. The van der Waals surface area contributed by atoms with Crippen LogP contribution in [0.3, 0.4) is 0 Å². The second-order valence-corrected chi connectivity index (χ2v) is 12.5. The molecule has 0 aliphatic heterocycles. The van der Waals surface area contributed by atoms with Crippen LogP contribution in [0.15, 0.2) is 35.4 Å². The van der Waals surface area contributed by atoms with Crippen LogP contribution in [0.1, 0.15) is 50.3 Å². The summed E-state index contributed by atoms with van der Waals surface area (Å²) in [6.07, 6.45) is 10.3. The summed E-state index contributed by atoms with van der Waals surface area (Å²) in [6.45, 7) is 11.3. The fourth-order valence-corrected chi connectivity index (χ4v) is 4.41. The molecule has 1 nitrogen and oxygen atoms in total. The minimum Gasteiger partial charge on any atom is -0.255 e. The Morgan fingerprint density at radius 2 is 1.67 bits per heavy atom. The van der Waals surface area contributed by atoms with Crippen molar-refractivity contribution in [3.8, 4) is 11.3 Å². The van der Waals surface area contributed by atoms with Gasteiger partial charge in [-0.05, 0) is 66.7 Å². The predicted molar refractivity (Wildman–Crippen MR) is 111 cm³/mol. The highest BCUT2D eigenvalue weighted by Gasteiger charge is 2.17. The Bertz CT molecular complexity index is 708. The maximum absolute atomic E-state index is 4.84. The average Bonchev–Trinajstić information content (AvgIpc) is 2.45. The summed E-state index contributed by atoms with van der Waals surface area (Å²) in [5.74, 6) is 1.22. The zero-order chi connectivity index (χ0) is 18.1. The molecule has 1 aromatic heterocycles. The van der Waals surface area contributed by atoms with E-state index in [9.17, 15) is 0 Å². The van der Waals surface area contributed by atoms with E-state index in [1.54, 1.807) is 0 Å². The van der Waals surface area contributed by atoms with Gasteiger partial charge in [-0.2, -0.15) is 0 Å². The molecule has 0 saturated heterocycles. The Morgan fingerprint density at radius 1 is 1.00 bits per heavy atom. The van der Waals surface area contributed by atoms with Crippen molar-refractivity contribution in [2.75, 3.05) is 18.8 Å². The molecular formula is C22H33NS. The number of pyridine rings is 1. The molecule has 0 N–H and O–H groups in total. The van der Waals surface area contributed by atoms with Crippen LogP contribution in [0.25, 0.3) is 11.3 Å². The molecule has 0 atom stereocenters. The fraction of sp³-hybridized carbons (Fsp3) is 0.500. The maximum atomic E-state index is 4.84. The van der Waals surface area contributed by atoms with Crippen LogP contribution in [0, 0.1) is 12.8 Å². The molecule has 2 aromatic rings. The molecule has 0 fully saturated rings. The summed E-state index contributed by atoms with van der Waals surface area (Å²) >= 11 is 0. The van der Waals surface area contributed by atoms with Gasteiger partial charge in [-0.1, -0.05) is 45.9 Å². The standard InChI is InChI=1S/C22H33NS/c1-15(2)11-19-13-21(23-14-22(19)24(6,7)8)20-10-9-18(16(3)4)12-17(20)5/h9-10,12-16H,11H2,1-8H3. The van der Waals surface area contributed by atoms with Crippen LogP contribution in [-0.4, -0.2) is 23.8 Å². The zero-order valence-corrected chi connectivity index (χ0v) is 17.4. The van der Waals surface area contributed by atoms with Gasteiger partial charge in [0.05, 0.1) is 5.69 Å². The molecule has 2 heteroatoms. The molecule has 1 heterocycles. The highest BCUT2D eigenvalue weighted by Crippen LogP contribution is 2.47. The number of aryl methyl sites for hydroxylation is 1. The van der Waals surface area contributed by atoms with E-state index in [0.717, 1.165) is 12.1 Å². The monoisotopic (exact) mass is 343 g/mol. The lowest BCUT2D eigenvalue weighted by molar-refractivity contribution is 0.639. The fourth-order valence-electron chi connectivity index (χ4n) is 3.12. The van der Waals surface area contributed by atoms with Crippen molar-refractivity contribution in [1.82, 2.24) is 4.98 Å². The van der Waals surface area contributed by atoms with Crippen molar-refractivity contribution in [2.24, 2.45) is 5.92 Å². The largest absolute Gasteiger partial charge is 0.255 e. The molecule has 0 bridgehead atoms. The molecule has 0 saturated carbocycles.